The highest BCUT2D eigenvalue weighted by molar-refractivity contribution is 6.05. The summed E-state index contributed by atoms with van der Waals surface area (Å²) in [5.74, 6) is -0.467. The van der Waals surface area contributed by atoms with Gasteiger partial charge in [0.2, 0.25) is 5.88 Å². The van der Waals surface area contributed by atoms with Crippen molar-refractivity contribution in [2.75, 3.05) is 5.32 Å². The molecule has 138 valence electrons. The van der Waals surface area contributed by atoms with E-state index in [0.717, 1.165) is 0 Å². The van der Waals surface area contributed by atoms with E-state index in [1.807, 2.05) is 4.98 Å². The Kier molecular flexibility index (Phi) is 4.93. The summed E-state index contributed by atoms with van der Waals surface area (Å²) in [6.07, 6.45) is -2.74. The Bertz CT molecular complexity index is 1020. The number of ether oxygens (including phenoxy) is 1. The molecule has 0 aliphatic rings. The summed E-state index contributed by atoms with van der Waals surface area (Å²) in [5, 5.41) is 2.16. The minimum atomic E-state index is -4.67. The van der Waals surface area contributed by atoms with Gasteiger partial charge < -0.3 is 15.0 Å². The second-order valence-electron chi connectivity index (χ2n) is 5.35. The first-order valence-corrected chi connectivity index (χ1v) is 7.64. The van der Waals surface area contributed by atoms with Crippen molar-refractivity contribution >= 4 is 11.6 Å². The van der Waals surface area contributed by atoms with Crippen molar-refractivity contribution in [1.29, 1.82) is 0 Å². The predicted octanol–water partition coefficient (Wildman–Crippen LogP) is 3.83. The maximum absolute atomic E-state index is 12.8. The zero-order valence-electron chi connectivity index (χ0n) is 13.6. The zero-order chi connectivity index (χ0) is 19.4. The number of hydrogen-bond acceptors (Lipinski definition) is 4. The Morgan fingerprint density at radius 3 is 2.56 bits per heavy atom. The summed E-state index contributed by atoms with van der Waals surface area (Å²) in [4.78, 5) is 30.1. The minimum Gasteiger partial charge on any atom is -0.438 e. The Morgan fingerprint density at radius 2 is 1.85 bits per heavy atom. The molecule has 0 unspecified atom stereocenters. The van der Waals surface area contributed by atoms with Gasteiger partial charge in [-0.1, -0.05) is 18.2 Å². The molecular formula is C18H12F3N3O3. The Hall–Kier alpha value is -3.62. The van der Waals surface area contributed by atoms with Crippen molar-refractivity contribution in [3.05, 3.63) is 82.4 Å². The van der Waals surface area contributed by atoms with Gasteiger partial charge in [-0.15, -0.1) is 0 Å². The van der Waals surface area contributed by atoms with Crippen molar-refractivity contribution in [3.8, 4) is 11.6 Å². The first-order valence-electron chi connectivity index (χ1n) is 7.64. The molecule has 0 bridgehead atoms. The van der Waals surface area contributed by atoms with Crippen LogP contribution in [0.2, 0.25) is 0 Å². The number of rotatable bonds is 4. The van der Waals surface area contributed by atoms with Gasteiger partial charge in [0.25, 0.3) is 11.5 Å². The van der Waals surface area contributed by atoms with Gasteiger partial charge in [0.05, 0.1) is 5.56 Å². The molecule has 2 heterocycles. The molecule has 9 heteroatoms. The van der Waals surface area contributed by atoms with E-state index in [9.17, 15) is 22.8 Å². The van der Waals surface area contributed by atoms with Crippen LogP contribution in [0.15, 0.2) is 65.7 Å². The highest BCUT2D eigenvalue weighted by atomic mass is 19.4. The number of pyridine rings is 2. The van der Waals surface area contributed by atoms with Crippen molar-refractivity contribution in [1.82, 2.24) is 9.97 Å². The summed E-state index contributed by atoms with van der Waals surface area (Å²) in [7, 11) is 0. The standard InChI is InChI=1S/C18H12F3N3O3/c19-18(20,21)11-9-14(16(26)23-10-11)24-15(25)13-7-4-8-22-17(13)27-12-5-2-1-3-6-12/h1-10H,(H,23,26)(H,24,25). The molecule has 3 aromatic rings. The molecular weight excluding hydrogens is 363 g/mol. The molecule has 27 heavy (non-hydrogen) atoms. The predicted molar refractivity (Wildman–Crippen MR) is 90.8 cm³/mol. The molecule has 0 saturated heterocycles. The van der Waals surface area contributed by atoms with Gasteiger partial charge in [-0.3, -0.25) is 9.59 Å². The molecule has 0 aliphatic heterocycles. The topological polar surface area (TPSA) is 84.1 Å². The van der Waals surface area contributed by atoms with E-state index in [1.54, 1.807) is 30.3 Å². The molecule has 3 rings (SSSR count). The largest absolute Gasteiger partial charge is 0.438 e. The third-order valence-electron chi connectivity index (χ3n) is 3.45. The quantitative estimate of drug-likeness (QED) is 0.726. The van der Waals surface area contributed by atoms with E-state index in [1.165, 1.54) is 18.3 Å². The van der Waals surface area contributed by atoms with Gasteiger partial charge in [0, 0.05) is 12.4 Å². The maximum Gasteiger partial charge on any atom is 0.417 e. The number of hydrogen-bond donors (Lipinski definition) is 2. The number of aromatic amines is 1. The second kappa shape index (κ2) is 7.32. The second-order valence-corrected chi connectivity index (χ2v) is 5.35. The minimum absolute atomic E-state index is 0.0434. The average molecular weight is 375 g/mol. The lowest BCUT2D eigenvalue weighted by molar-refractivity contribution is -0.137. The van der Waals surface area contributed by atoms with Crippen molar-refractivity contribution in [3.63, 3.8) is 0 Å². The number of alkyl halides is 3. The van der Waals surface area contributed by atoms with Crippen LogP contribution in [0.1, 0.15) is 15.9 Å². The Labute approximate surface area is 150 Å². The molecule has 2 aromatic heterocycles. The lowest BCUT2D eigenvalue weighted by Gasteiger charge is -2.11. The summed E-state index contributed by atoms with van der Waals surface area (Å²) in [5.41, 5.74) is -2.54. The number of carbonyl (C=O) groups is 1. The lowest BCUT2D eigenvalue weighted by atomic mass is 10.2. The van der Waals surface area contributed by atoms with Gasteiger partial charge in [-0.2, -0.15) is 13.2 Å². The number of aromatic nitrogens is 2. The highest BCUT2D eigenvalue weighted by Gasteiger charge is 2.31. The molecule has 1 aromatic carbocycles. The summed E-state index contributed by atoms with van der Waals surface area (Å²) in [6, 6.07) is 11.9. The van der Waals surface area contributed by atoms with Crippen molar-refractivity contribution < 1.29 is 22.7 Å². The van der Waals surface area contributed by atoms with E-state index < -0.39 is 28.9 Å². The van der Waals surface area contributed by atoms with Crippen LogP contribution in [0.5, 0.6) is 11.6 Å². The van der Waals surface area contributed by atoms with Crippen LogP contribution < -0.4 is 15.6 Å². The van der Waals surface area contributed by atoms with Gasteiger partial charge in [0.15, 0.2) is 0 Å². The Balaban J connectivity index is 1.89. The van der Waals surface area contributed by atoms with Crippen LogP contribution in [0.3, 0.4) is 0 Å². The van der Waals surface area contributed by atoms with Crippen LogP contribution in [-0.2, 0) is 6.18 Å². The summed E-state index contributed by atoms with van der Waals surface area (Å²) in [6.45, 7) is 0. The molecule has 2 N–H and O–H groups in total. The van der Waals surface area contributed by atoms with E-state index in [-0.39, 0.29) is 11.4 Å². The molecule has 0 fully saturated rings. The maximum atomic E-state index is 12.8. The number of amides is 1. The van der Waals surface area contributed by atoms with Gasteiger partial charge in [0.1, 0.15) is 17.0 Å². The number of nitrogens with zero attached hydrogens (tertiary/aromatic N) is 1. The van der Waals surface area contributed by atoms with Crippen LogP contribution in [0, 0.1) is 0 Å². The van der Waals surface area contributed by atoms with E-state index in [4.69, 9.17) is 4.74 Å². The normalized spacial score (nSPS) is 11.1. The molecule has 1 amide bonds. The van der Waals surface area contributed by atoms with E-state index in [0.29, 0.717) is 18.0 Å². The molecule has 0 aliphatic carbocycles. The number of anilines is 1. The highest BCUT2D eigenvalue weighted by Crippen LogP contribution is 2.29. The summed E-state index contributed by atoms with van der Waals surface area (Å²) < 4.78 is 43.9. The molecule has 0 radical (unpaired) electrons. The SMILES string of the molecule is O=C(Nc1cc(C(F)(F)F)c[nH]c1=O)c1cccnc1Oc1ccccc1. The monoisotopic (exact) mass is 375 g/mol. The number of carbonyl (C=O) groups excluding carboxylic acids is 1. The summed E-state index contributed by atoms with van der Waals surface area (Å²) >= 11 is 0. The van der Waals surface area contributed by atoms with Gasteiger partial charge >= 0.3 is 6.18 Å². The molecule has 0 saturated carbocycles. The smallest absolute Gasteiger partial charge is 0.417 e. The number of halogens is 3. The van der Waals surface area contributed by atoms with Crippen LogP contribution >= 0.6 is 0 Å². The number of para-hydroxylation sites is 1. The van der Waals surface area contributed by atoms with Crippen LogP contribution in [0.4, 0.5) is 18.9 Å². The van der Waals surface area contributed by atoms with E-state index in [2.05, 4.69) is 10.3 Å². The first kappa shape index (κ1) is 18.2. The molecule has 6 nitrogen and oxygen atoms in total. The fourth-order valence-electron chi connectivity index (χ4n) is 2.18. The fraction of sp³-hybridized carbons (Fsp3) is 0.0556. The van der Waals surface area contributed by atoms with Crippen molar-refractivity contribution in [2.24, 2.45) is 0 Å². The number of H-pyrrole nitrogens is 1. The molecule has 0 atom stereocenters. The van der Waals surface area contributed by atoms with Crippen LogP contribution in [-0.4, -0.2) is 15.9 Å². The third kappa shape index (κ3) is 4.32. The third-order valence-corrected chi connectivity index (χ3v) is 3.45. The molecule has 0 spiro atoms. The van der Waals surface area contributed by atoms with Crippen molar-refractivity contribution in [2.45, 2.75) is 6.18 Å². The van der Waals surface area contributed by atoms with Gasteiger partial charge in [-0.25, -0.2) is 4.98 Å². The van der Waals surface area contributed by atoms with Crippen LogP contribution in [0.25, 0.3) is 0 Å². The van der Waals surface area contributed by atoms with E-state index >= 15 is 0 Å². The zero-order valence-corrected chi connectivity index (χ0v) is 13.6. The Morgan fingerprint density at radius 1 is 1.11 bits per heavy atom. The van der Waals surface area contributed by atoms with Gasteiger partial charge in [-0.05, 0) is 30.3 Å². The fourth-order valence-corrected chi connectivity index (χ4v) is 2.18. The average Bonchev–Trinajstić information content (AvgIpc) is 2.64. The first-order chi connectivity index (χ1) is 12.8. The lowest BCUT2D eigenvalue weighted by Crippen LogP contribution is -2.22. The number of nitrogens with one attached hydrogen (secondary N) is 2. The number of benzene rings is 1.